The molecule has 2 aromatic rings. The number of carbonyl (C=O) groups is 1. The Labute approximate surface area is 81.6 Å². The van der Waals surface area contributed by atoms with Crippen LogP contribution in [0.1, 0.15) is 15.9 Å². The molecule has 0 amide bonds. The summed E-state index contributed by atoms with van der Waals surface area (Å²) in [5, 5.41) is 0.946. The number of carbonyl (C=O) groups excluding carboxylic acids is 1. The van der Waals surface area contributed by atoms with Gasteiger partial charge in [-0.15, -0.1) is 0 Å². The molecule has 0 aliphatic heterocycles. The molecule has 0 aliphatic rings. The van der Waals surface area contributed by atoms with Crippen molar-refractivity contribution < 1.29 is 4.79 Å². The van der Waals surface area contributed by atoms with Crippen LogP contribution >= 0.6 is 0 Å². The number of anilines is 1. The van der Waals surface area contributed by atoms with Crippen LogP contribution < -0.4 is 5.73 Å². The Kier molecular flexibility index (Phi) is 1.93. The van der Waals surface area contributed by atoms with E-state index in [2.05, 4.69) is 4.98 Å². The molecular weight excluding hydrogens is 176 g/mol. The van der Waals surface area contributed by atoms with E-state index in [1.807, 2.05) is 25.1 Å². The van der Waals surface area contributed by atoms with Gasteiger partial charge in [-0.05, 0) is 24.6 Å². The maximum atomic E-state index is 10.5. The average Bonchev–Trinajstić information content (AvgIpc) is 2.23. The topological polar surface area (TPSA) is 56.0 Å². The molecule has 0 fully saturated rings. The van der Waals surface area contributed by atoms with Gasteiger partial charge in [0.15, 0.2) is 6.29 Å². The number of pyridine rings is 1. The highest BCUT2D eigenvalue weighted by Crippen LogP contribution is 2.21. The predicted octanol–water partition coefficient (Wildman–Crippen LogP) is 1.94. The van der Waals surface area contributed by atoms with E-state index in [1.54, 1.807) is 6.20 Å². The summed E-state index contributed by atoms with van der Waals surface area (Å²) in [6.45, 7) is 1.92. The smallest absolute Gasteiger partial charge is 0.151 e. The summed E-state index contributed by atoms with van der Waals surface area (Å²) >= 11 is 0. The number of benzene rings is 1. The predicted molar refractivity (Wildman–Crippen MR) is 56.3 cm³/mol. The van der Waals surface area contributed by atoms with E-state index in [0.717, 1.165) is 28.4 Å². The Hall–Kier alpha value is -1.90. The van der Waals surface area contributed by atoms with Gasteiger partial charge in [-0.1, -0.05) is 6.07 Å². The molecule has 0 bridgehead atoms. The van der Waals surface area contributed by atoms with E-state index in [1.165, 1.54) is 0 Å². The molecule has 0 aliphatic carbocycles. The third-order valence-corrected chi connectivity index (χ3v) is 2.31. The molecule has 0 unspecified atom stereocenters. The van der Waals surface area contributed by atoms with Crippen molar-refractivity contribution in [3.8, 4) is 0 Å². The lowest BCUT2D eigenvalue weighted by atomic mass is 10.1. The van der Waals surface area contributed by atoms with E-state index in [4.69, 9.17) is 5.73 Å². The molecule has 70 valence electrons. The zero-order valence-electron chi connectivity index (χ0n) is 7.82. The fourth-order valence-electron chi connectivity index (χ4n) is 1.44. The molecule has 1 aromatic carbocycles. The van der Waals surface area contributed by atoms with Gasteiger partial charge >= 0.3 is 0 Å². The van der Waals surface area contributed by atoms with Crippen molar-refractivity contribution in [2.75, 3.05) is 5.73 Å². The van der Waals surface area contributed by atoms with E-state index in [0.29, 0.717) is 5.56 Å². The number of aldehydes is 1. The van der Waals surface area contributed by atoms with Gasteiger partial charge in [0, 0.05) is 22.8 Å². The Morgan fingerprint density at radius 1 is 1.43 bits per heavy atom. The van der Waals surface area contributed by atoms with Crippen LogP contribution in [0.2, 0.25) is 0 Å². The Morgan fingerprint density at radius 2 is 2.21 bits per heavy atom. The van der Waals surface area contributed by atoms with Crippen LogP contribution in [0.5, 0.6) is 0 Å². The van der Waals surface area contributed by atoms with Gasteiger partial charge in [0.2, 0.25) is 0 Å². The second kappa shape index (κ2) is 3.10. The zero-order chi connectivity index (χ0) is 10.1. The lowest BCUT2D eigenvalue weighted by Crippen LogP contribution is -1.93. The minimum atomic E-state index is 0.585. The number of nitrogens with two attached hydrogens (primary N) is 1. The number of nitrogens with zero attached hydrogens (tertiary/aromatic N) is 1. The number of fused-ring (bicyclic) bond motifs is 1. The van der Waals surface area contributed by atoms with Gasteiger partial charge in [-0.2, -0.15) is 0 Å². The minimum Gasteiger partial charge on any atom is -0.398 e. The summed E-state index contributed by atoms with van der Waals surface area (Å²) < 4.78 is 0. The van der Waals surface area contributed by atoms with Gasteiger partial charge in [0.25, 0.3) is 0 Å². The molecule has 0 spiro atoms. The van der Waals surface area contributed by atoms with Crippen LogP contribution in [0.3, 0.4) is 0 Å². The molecule has 2 rings (SSSR count). The van der Waals surface area contributed by atoms with Crippen molar-refractivity contribution in [3.63, 3.8) is 0 Å². The molecular formula is C11H10N2O. The summed E-state index contributed by atoms with van der Waals surface area (Å²) in [6.07, 6.45) is 2.35. The molecule has 1 aromatic heterocycles. The van der Waals surface area contributed by atoms with Crippen LogP contribution in [-0.4, -0.2) is 11.3 Å². The van der Waals surface area contributed by atoms with Gasteiger partial charge < -0.3 is 5.73 Å². The summed E-state index contributed by atoms with van der Waals surface area (Å²) in [5.41, 5.74) is 8.87. The highest BCUT2D eigenvalue weighted by molar-refractivity contribution is 5.89. The third-order valence-electron chi connectivity index (χ3n) is 2.31. The van der Waals surface area contributed by atoms with Crippen LogP contribution in [-0.2, 0) is 0 Å². The molecule has 0 saturated carbocycles. The molecule has 3 heteroatoms. The largest absolute Gasteiger partial charge is 0.398 e. The first-order valence-corrected chi connectivity index (χ1v) is 4.32. The molecule has 0 saturated heterocycles. The number of nitrogen functional groups attached to an aromatic ring is 1. The SMILES string of the molecule is Cc1c(N)ccc2cc(C=O)cnc12. The van der Waals surface area contributed by atoms with Crippen LogP contribution in [0.4, 0.5) is 5.69 Å². The normalized spacial score (nSPS) is 10.4. The molecule has 3 nitrogen and oxygen atoms in total. The summed E-state index contributed by atoms with van der Waals surface area (Å²) in [7, 11) is 0. The summed E-state index contributed by atoms with van der Waals surface area (Å²) in [4.78, 5) is 14.7. The highest BCUT2D eigenvalue weighted by Gasteiger charge is 2.02. The Bertz CT molecular complexity index is 506. The quantitative estimate of drug-likeness (QED) is 0.547. The molecule has 14 heavy (non-hydrogen) atoms. The number of hydrogen-bond acceptors (Lipinski definition) is 3. The summed E-state index contributed by atoms with van der Waals surface area (Å²) in [6, 6.07) is 5.51. The fourth-order valence-corrected chi connectivity index (χ4v) is 1.44. The second-order valence-corrected chi connectivity index (χ2v) is 3.24. The van der Waals surface area contributed by atoms with E-state index < -0.39 is 0 Å². The standard InChI is InChI=1S/C11H10N2O/c1-7-10(12)3-2-9-4-8(6-14)5-13-11(7)9/h2-6H,12H2,1H3. The number of aryl methyl sites for hydroxylation is 1. The fraction of sp³-hybridized carbons (Fsp3) is 0.0909. The molecule has 2 N–H and O–H groups in total. The van der Waals surface area contributed by atoms with E-state index in [9.17, 15) is 4.79 Å². The van der Waals surface area contributed by atoms with E-state index in [-0.39, 0.29) is 0 Å². The lowest BCUT2D eigenvalue weighted by Gasteiger charge is -2.04. The average molecular weight is 186 g/mol. The van der Waals surface area contributed by atoms with Crippen molar-refractivity contribution in [1.82, 2.24) is 4.98 Å². The number of hydrogen-bond donors (Lipinski definition) is 1. The molecule has 0 atom stereocenters. The van der Waals surface area contributed by atoms with Crippen LogP contribution in [0.25, 0.3) is 10.9 Å². The van der Waals surface area contributed by atoms with Crippen molar-refractivity contribution in [1.29, 1.82) is 0 Å². The first-order chi connectivity index (χ1) is 6.72. The Morgan fingerprint density at radius 3 is 2.93 bits per heavy atom. The molecule has 0 radical (unpaired) electrons. The second-order valence-electron chi connectivity index (χ2n) is 3.24. The van der Waals surface area contributed by atoms with Gasteiger partial charge in [0.05, 0.1) is 5.52 Å². The van der Waals surface area contributed by atoms with Crippen molar-refractivity contribution in [3.05, 3.63) is 35.5 Å². The summed E-state index contributed by atoms with van der Waals surface area (Å²) in [5.74, 6) is 0. The van der Waals surface area contributed by atoms with Gasteiger partial charge in [0.1, 0.15) is 0 Å². The zero-order valence-corrected chi connectivity index (χ0v) is 7.82. The van der Waals surface area contributed by atoms with E-state index >= 15 is 0 Å². The Balaban J connectivity index is 2.81. The van der Waals surface area contributed by atoms with Gasteiger partial charge in [-0.3, -0.25) is 9.78 Å². The lowest BCUT2D eigenvalue weighted by molar-refractivity contribution is 0.112. The number of aromatic nitrogens is 1. The first-order valence-electron chi connectivity index (χ1n) is 4.32. The van der Waals surface area contributed by atoms with Crippen molar-refractivity contribution in [2.45, 2.75) is 6.92 Å². The van der Waals surface area contributed by atoms with Crippen molar-refractivity contribution >= 4 is 22.9 Å². The highest BCUT2D eigenvalue weighted by atomic mass is 16.1. The first kappa shape index (κ1) is 8.69. The van der Waals surface area contributed by atoms with Crippen molar-refractivity contribution in [2.24, 2.45) is 0 Å². The minimum absolute atomic E-state index is 0.585. The van der Waals surface area contributed by atoms with Gasteiger partial charge in [-0.25, -0.2) is 0 Å². The molecule has 1 heterocycles. The monoisotopic (exact) mass is 186 g/mol. The van der Waals surface area contributed by atoms with Crippen LogP contribution in [0.15, 0.2) is 24.4 Å². The third kappa shape index (κ3) is 1.23. The van der Waals surface area contributed by atoms with Crippen LogP contribution in [0, 0.1) is 6.92 Å². The number of rotatable bonds is 1. The maximum Gasteiger partial charge on any atom is 0.151 e. The maximum absolute atomic E-state index is 10.5.